The number of anilines is 1. The highest BCUT2D eigenvalue weighted by atomic mass is 35.5. The average molecular weight is 492 g/mol. The van der Waals surface area contributed by atoms with E-state index in [1.165, 1.54) is 22.3 Å². The summed E-state index contributed by atoms with van der Waals surface area (Å²) in [6, 6.07) is 6.31. The third-order valence-electron chi connectivity index (χ3n) is 4.24. The molecule has 1 N–H and O–H groups in total. The quantitative estimate of drug-likeness (QED) is 0.475. The number of ether oxygens (including phenoxy) is 1. The summed E-state index contributed by atoms with van der Waals surface area (Å²) in [5, 5.41) is 11.0. The van der Waals surface area contributed by atoms with Crippen LogP contribution in [0.25, 0.3) is 10.2 Å². The maximum Gasteiger partial charge on any atom is 0.307 e. The van der Waals surface area contributed by atoms with Gasteiger partial charge in [0.05, 0.1) is 38.4 Å². The SMILES string of the molecule is O=C(O)CC1Oc2ccc(Cl)cc2N(Cc2nc3c(Cl)c(Cl)cc(Cl)c3s2)C1=O. The number of carboxylic acids is 1. The van der Waals surface area contributed by atoms with Crippen molar-refractivity contribution in [3.63, 3.8) is 0 Å². The lowest BCUT2D eigenvalue weighted by atomic mass is 10.1. The first-order valence-electron chi connectivity index (χ1n) is 8.17. The van der Waals surface area contributed by atoms with Crippen molar-refractivity contribution in [1.82, 2.24) is 4.98 Å². The number of amides is 1. The molecule has 1 aliphatic heterocycles. The number of benzene rings is 2. The second-order valence-electron chi connectivity index (χ2n) is 6.18. The molecule has 0 bridgehead atoms. The number of fused-ring (bicyclic) bond motifs is 2. The summed E-state index contributed by atoms with van der Waals surface area (Å²) < 4.78 is 6.23. The topological polar surface area (TPSA) is 79.7 Å². The summed E-state index contributed by atoms with van der Waals surface area (Å²) in [5.74, 6) is -1.29. The van der Waals surface area contributed by atoms with Crippen LogP contribution >= 0.6 is 57.7 Å². The van der Waals surface area contributed by atoms with E-state index in [9.17, 15) is 9.59 Å². The number of hydrogen-bond donors (Lipinski definition) is 1. The van der Waals surface area contributed by atoms with Gasteiger partial charge in [-0.15, -0.1) is 11.3 Å². The number of nitrogens with zero attached hydrogens (tertiary/aromatic N) is 2. The van der Waals surface area contributed by atoms with Crippen LogP contribution in [0.3, 0.4) is 0 Å². The predicted molar refractivity (Wildman–Crippen MR) is 114 cm³/mol. The second-order valence-corrected chi connectivity index (χ2v) is 8.89. The zero-order valence-corrected chi connectivity index (χ0v) is 18.1. The highest BCUT2D eigenvalue weighted by Crippen LogP contribution is 2.41. The summed E-state index contributed by atoms with van der Waals surface area (Å²) in [7, 11) is 0. The van der Waals surface area contributed by atoms with Crippen LogP contribution < -0.4 is 9.64 Å². The molecule has 0 saturated heterocycles. The van der Waals surface area contributed by atoms with E-state index in [0.29, 0.717) is 36.7 Å². The third-order valence-corrected chi connectivity index (χ3v) is 6.73. The molecule has 2 heterocycles. The lowest BCUT2D eigenvalue weighted by Gasteiger charge is -2.33. The Bertz CT molecular complexity index is 1170. The minimum Gasteiger partial charge on any atom is -0.481 e. The predicted octanol–water partition coefficient (Wildman–Crippen LogP) is 5.68. The number of carboxylic acid groups (broad SMARTS) is 1. The molecule has 2 aromatic carbocycles. The average Bonchev–Trinajstić information content (AvgIpc) is 3.08. The highest BCUT2D eigenvalue weighted by Gasteiger charge is 2.36. The van der Waals surface area contributed by atoms with Crippen LogP contribution in [0.4, 0.5) is 5.69 Å². The molecular weight excluding hydrogens is 482 g/mol. The van der Waals surface area contributed by atoms with Crippen molar-refractivity contribution in [2.24, 2.45) is 0 Å². The van der Waals surface area contributed by atoms with E-state index in [1.807, 2.05) is 0 Å². The number of carbonyl (C=O) groups excluding carboxylic acids is 1. The van der Waals surface area contributed by atoms with Crippen LogP contribution in [0.15, 0.2) is 24.3 Å². The lowest BCUT2D eigenvalue weighted by Crippen LogP contribution is -2.46. The van der Waals surface area contributed by atoms with Gasteiger partial charge in [0.2, 0.25) is 0 Å². The van der Waals surface area contributed by atoms with Crippen LogP contribution in [0, 0.1) is 0 Å². The summed E-state index contributed by atoms with van der Waals surface area (Å²) >= 11 is 25.9. The van der Waals surface area contributed by atoms with Gasteiger partial charge < -0.3 is 9.84 Å². The van der Waals surface area contributed by atoms with E-state index in [2.05, 4.69) is 4.98 Å². The molecule has 1 aliphatic rings. The summed E-state index contributed by atoms with van der Waals surface area (Å²) in [4.78, 5) is 30.0. The van der Waals surface area contributed by atoms with E-state index in [0.717, 1.165) is 0 Å². The number of rotatable bonds is 4. The van der Waals surface area contributed by atoms with Crippen molar-refractivity contribution in [2.45, 2.75) is 19.1 Å². The van der Waals surface area contributed by atoms with Gasteiger partial charge in [0.1, 0.15) is 16.3 Å². The zero-order chi connectivity index (χ0) is 20.9. The number of hydrogen-bond acceptors (Lipinski definition) is 5. The molecule has 0 fully saturated rings. The molecule has 1 aromatic heterocycles. The molecule has 1 amide bonds. The number of aliphatic carboxylic acids is 1. The molecule has 0 saturated carbocycles. The Morgan fingerprint density at radius 1 is 1.21 bits per heavy atom. The molecule has 150 valence electrons. The van der Waals surface area contributed by atoms with Crippen molar-refractivity contribution < 1.29 is 19.4 Å². The van der Waals surface area contributed by atoms with Crippen LogP contribution in [-0.2, 0) is 16.1 Å². The molecule has 1 unspecified atom stereocenters. The second kappa shape index (κ2) is 7.81. The number of thiazole rings is 1. The number of halogens is 4. The van der Waals surface area contributed by atoms with Crippen molar-refractivity contribution in [3.8, 4) is 5.75 Å². The largest absolute Gasteiger partial charge is 0.481 e. The lowest BCUT2D eigenvalue weighted by molar-refractivity contribution is -0.142. The van der Waals surface area contributed by atoms with Gasteiger partial charge in [0.25, 0.3) is 5.91 Å². The Morgan fingerprint density at radius 2 is 1.97 bits per heavy atom. The van der Waals surface area contributed by atoms with Crippen molar-refractivity contribution in [1.29, 1.82) is 0 Å². The fourth-order valence-corrected chi connectivity index (χ4v) is 4.93. The van der Waals surface area contributed by atoms with Crippen molar-refractivity contribution >= 4 is 85.5 Å². The molecule has 0 spiro atoms. The molecule has 11 heteroatoms. The monoisotopic (exact) mass is 490 g/mol. The van der Waals surface area contributed by atoms with Crippen molar-refractivity contribution in [2.75, 3.05) is 4.90 Å². The summed E-state index contributed by atoms with van der Waals surface area (Å²) in [5.41, 5.74) is 0.872. The van der Waals surface area contributed by atoms with E-state index < -0.39 is 24.4 Å². The molecule has 6 nitrogen and oxygen atoms in total. The van der Waals surface area contributed by atoms with Gasteiger partial charge in [-0.1, -0.05) is 46.4 Å². The molecule has 0 aliphatic carbocycles. The Balaban J connectivity index is 1.77. The molecule has 1 atom stereocenters. The third kappa shape index (κ3) is 3.85. The van der Waals surface area contributed by atoms with Crippen LogP contribution in [0.1, 0.15) is 11.4 Å². The van der Waals surface area contributed by atoms with E-state index in [-0.39, 0.29) is 16.6 Å². The van der Waals surface area contributed by atoms with E-state index in [4.69, 9.17) is 56.2 Å². The maximum absolute atomic E-state index is 12.9. The maximum atomic E-state index is 12.9. The molecular formula is C18H10Cl4N2O4S. The van der Waals surface area contributed by atoms with Gasteiger partial charge in [-0.25, -0.2) is 4.98 Å². The van der Waals surface area contributed by atoms with Crippen LogP contribution in [-0.4, -0.2) is 28.1 Å². The van der Waals surface area contributed by atoms with Crippen LogP contribution in [0.5, 0.6) is 5.75 Å². The number of aromatic nitrogens is 1. The highest BCUT2D eigenvalue weighted by molar-refractivity contribution is 7.19. The Morgan fingerprint density at radius 3 is 2.69 bits per heavy atom. The fraction of sp³-hybridized carbons (Fsp3) is 0.167. The zero-order valence-electron chi connectivity index (χ0n) is 14.3. The van der Waals surface area contributed by atoms with Gasteiger partial charge in [-0.05, 0) is 24.3 Å². The molecule has 0 radical (unpaired) electrons. The van der Waals surface area contributed by atoms with Crippen LogP contribution in [0.2, 0.25) is 20.1 Å². The molecule has 3 aromatic rings. The fourth-order valence-electron chi connectivity index (χ4n) is 2.98. The Labute approximate surface area is 188 Å². The van der Waals surface area contributed by atoms with E-state index >= 15 is 0 Å². The van der Waals surface area contributed by atoms with Gasteiger partial charge in [0, 0.05) is 5.02 Å². The van der Waals surface area contributed by atoms with Crippen molar-refractivity contribution in [3.05, 3.63) is 49.4 Å². The Kier molecular flexibility index (Phi) is 5.52. The molecule has 29 heavy (non-hydrogen) atoms. The van der Waals surface area contributed by atoms with Gasteiger partial charge in [-0.2, -0.15) is 0 Å². The minimum absolute atomic E-state index is 0.0648. The summed E-state index contributed by atoms with van der Waals surface area (Å²) in [6.07, 6.45) is -1.62. The smallest absolute Gasteiger partial charge is 0.307 e. The Hall–Kier alpha value is -1.77. The minimum atomic E-state index is -1.16. The molecule has 4 rings (SSSR count). The van der Waals surface area contributed by atoms with E-state index in [1.54, 1.807) is 18.2 Å². The standard InChI is InChI=1S/C18H10Cl4N2O4S/c19-7-1-2-11-10(3-7)24(18(27)12(28-11)5-14(25)26)6-13-23-16-15(22)8(20)4-9(21)17(16)29-13/h1-4,12H,5-6H2,(H,25,26). The van der Waals surface area contributed by atoms with Gasteiger partial charge >= 0.3 is 5.97 Å². The normalized spacial score (nSPS) is 16.1. The first kappa shape index (κ1) is 20.5. The summed E-state index contributed by atoms with van der Waals surface area (Å²) in [6.45, 7) is 0.0648. The number of carbonyl (C=O) groups is 2. The van der Waals surface area contributed by atoms with Gasteiger partial charge in [0.15, 0.2) is 6.10 Å². The first-order valence-corrected chi connectivity index (χ1v) is 10.5. The van der Waals surface area contributed by atoms with Gasteiger partial charge in [-0.3, -0.25) is 14.5 Å². The first-order chi connectivity index (χ1) is 13.7.